The highest BCUT2D eigenvalue weighted by molar-refractivity contribution is 7.89. The first-order valence-corrected chi connectivity index (χ1v) is 7.28. The summed E-state index contributed by atoms with van der Waals surface area (Å²) in [5.41, 5.74) is 5.42. The standard InChI is InChI=1S/C11H14FN5O2S/c1-8-6-9(7-10(13)11(8)12)20(18,19)15-3-5-17-4-2-14-16-17/h2,4,6-7,15H,3,5,13H2,1H3. The number of rotatable bonds is 5. The van der Waals surface area contributed by atoms with E-state index in [4.69, 9.17) is 5.73 Å². The molecule has 7 nitrogen and oxygen atoms in total. The third kappa shape index (κ3) is 3.11. The number of aryl methyl sites for hydroxylation is 1. The number of halogens is 1. The van der Waals surface area contributed by atoms with Crippen LogP contribution in [-0.2, 0) is 16.6 Å². The monoisotopic (exact) mass is 299 g/mol. The molecule has 0 fully saturated rings. The summed E-state index contributed by atoms with van der Waals surface area (Å²) in [4.78, 5) is -0.0625. The lowest BCUT2D eigenvalue weighted by Gasteiger charge is -2.09. The van der Waals surface area contributed by atoms with E-state index in [1.165, 1.54) is 23.9 Å². The van der Waals surface area contributed by atoms with Crippen molar-refractivity contribution in [3.8, 4) is 0 Å². The Hall–Kier alpha value is -2.00. The zero-order valence-corrected chi connectivity index (χ0v) is 11.6. The number of sulfonamides is 1. The van der Waals surface area contributed by atoms with E-state index in [0.717, 1.165) is 6.07 Å². The lowest BCUT2D eigenvalue weighted by atomic mass is 10.2. The highest BCUT2D eigenvalue weighted by atomic mass is 32.2. The molecule has 1 heterocycles. The van der Waals surface area contributed by atoms with E-state index in [9.17, 15) is 12.8 Å². The second kappa shape index (κ2) is 5.55. The van der Waals surface area contributed by atoms with E-state index in [1.54, 1.807) is 6.20 Å². The number of nitrogens with one attached hydrogen (secondary N) is 1. The van der Waals surface area contributed by atoms with Crippen LogP contribution >= 0.6 is 0 Å². The van der Waals surface area contributed by atoms with Crippen LogP contribution in [-0.4, -0.2) is 30.0 Å². The average Bonchev–Trinajstić information content (AvgIpc) is 2.88. The van der Waals surface area contributed by atoms with Gasteiger partial charge in [-0.25, -0.2) is 17.5 Å². The molecular formula is C11H14FN5O2S. The van der Waals surface area contributed by atoms with Gasteiger partial charge in [-0.15, -0.1) is 5.10 Å². The van der Waals surface area contributed by atoms with Gasteiger partial charge in [0.1, 0.15) is 5.82 Å². The van der Waals surface area contributed by atoms with Gasteiger partial charge in [-0.2, -0.15) is 0 Å². The van der Waals surface area contributed by atoms with Crippen LogP contribution in [0.4, 0.5) is 10.1 Å². The van der Waals surface area contributed by atoms with Crippen molar-refractivity contribution < 1.29 is 12.8 Å². The van der Waals surface area contributed by atoms with Gasteiger partial charge in [0.15, 0.2) is 0 Å². The lowest BCUT2D eigenvalue weighted by Crippen LogP contribution is -2.27. The highest BCUT2D eigenvalue weighted by Crippen LogP contribution is 2.20. The molecule has 0 radical (unpaired) electrons. The van der Waals surface area contributed by atoms with Crippen molar-refractivity contribution in [2.45, 2.75) is 18.4 Å². The zero-order chi connectivity index (χ0) is 14.8. The number of nitrogens with two attached hydrogens (primary N) is 1. The highest BCUT2D eigenvalue weighted by Gasteiger charge is 2.16. The number of nitrogen functional groups attached to an aromatic ring is 1. The Balaban J connectivity index is 2.10. The number of hydrogen-bond acceptors (Lipinski definition) is 5. The van der Waals surface area contributed by atoms with Gasteiger partial charge in [-0.3, -0.25) is 4.68 Å². The SMILES string of the molecule is Cc1cc(S(=O)(=O)NCCn2ccnn2)cc(N)c1F. The van der Waals surface area contributed by atoms with E-state index in [0.29, 0.717) is 6.54 Å². The Bertz CT molecular complexity index is 677. The van der Waals surface area contributed by atoms with Gasteiger partial charge in [0, 0.05) is 12.7 Å². The predicted octanol–water partition coefficient (Wildman–Crippen LogP) is 0.286. The van der Waals surface area contributed by atoms with Gasteiger partial charge >= 0.3 is 0 Å². The second-order valence-electron chi connectivity index (χ2n) is 4.21. The van der Waals surface area contributed by atoms with E-state index < -0.39 is 15.8 Å². The Labute approximate surface area is 115 Å². The Morgan fingerprint density at radius 2 is 2.20 bits per heavy atom. The minimum absolute atomic E-state index is 0.0625. The van der Waals surface area contributed by atoms with Crippen molar-refractivity contribution in [3.05, 3.63) is 35.9 Å². The maximum atomic E-state index is 13.4. The molecule has 1 aromatic carbocycles. The van der Waals surface area contributed by atoms with Crippen LogP contribution in [0.5, 0.6) is 0 Å². The first kappa shape index (κ1) is 14.4. The van der Waals surface area contributed by atoms with Crippen LogP contribution in [0, 0.1) is 12.7 Å². The van der Waals surface area contributed by atoms with E-state index in [2.05, 4.69) is 15.0 Å². The molecule has 0 unspecified atom stereocenters. The molecular weight excluding hydrogens is 285 g/mol. The van der Waals surface area contributed by atoms with Crippen LogP contribution in [0.2, 0.25) is 0 Å². The lowest BCUT2D eigenvalue weighted by molar-refractivity contribution is 0.552. The summed E-state index contributed by atoms with van der Waals surface area (Å²) in [6, 6.07) is 2.34. The van der Waals surface area contributed by atoms with Crippen LogP contribution in [0.25, 0.3) is 0 Å². The van der Waals surface area contributed by atoms with Crippen molar-refractivity contribution in [1.29, 1.82) is 0 Å². The molecule has 0 aliphatic rings. The predicted molar refractivity (Wildman–Crippen MR) is 70.8 cm³/mol. The summed E-state index contributed by atoms with van der Waals surface area (Å²) in [7, 11) is -3.73. The summed E-state index contributed by atoms with van der Waals surface area (Å²) < 4.78 is 41.3. The first-order chi connectivity index (χ1) is 9.40. The molecule has 0 amide bonds. The van der Waals surface area contributed by atoms with Crippen molar-refractivity contribution in [3.63, 3.8) is 0 Å². The van der Waals surface area contributed by atoms with Gasteiger partial charge in [0.05, 0.1) is 23.3 Å². The molecule has 1 aromatic heterocycles. The molecule has 0 aliphatic carbocycles. The number of hydrogen-bond donors (Lipinski definition) is 2. The molecule has 2 aromatic rings. The maximum Gasteiger partial charge on any atom is 0.240 e. The molecule has 0 spiro atoms. The van der Waals surface area contributed by atoms with Crippen molar-refractivity contribution in [1.82, 2.24) is 19.7 Å². The van der Waals surface area contributed by atoms with Gasteiger partial charge in [0.25, 0.3) is 0 Å². The van der Waals surface area contributed by atoms with Crippen LogP contribution in [0.15, 0.2) is 29.4 Å². The quantitative estimate of drug-likeness (QED) is 0.772. The Morgan fingerprint density at radius 3 is 2.80 bits per heavy atom. The molecule has 0 atom stereocenters. The van der Waals surface area contributed by atoms with Gasteiger partial charge < -0.3 is 5.73 Å². The third-order valence-electron chi connectivity index (χ3n) is 2.67. The summed E-state index contributed by atoms with van der Waals surface area (Å²) in [5.74, 6) is -0.605. The number of nitrogens with zero attached hydrogens (tertiary/aromatic N) is 3. The third-order valence-corrected chi connectivity index (χ3v) is 4.11. The minimum atomic E-state index is -3.73. The fraction of sp³-hybridized carbons (Fsp3) is 0.273. The zero-order valence-electron chi connectivity index (χ0n) is 10.7. The molecule has 108 valence electrons. The summed E-state index contributed by atoms with van der Waals surface area (Å²) in [6.45, 7) is 1.94. The number of aromatic nitrogens is 3. The molecule has 0 saturated carbocycles. The first-order valence-electron chi connectivity index (χ1n) is 5.79. The maximum absolute atomic E-state index is 13.4. The molecule has 9 heteroatoms. The number of benzene rings is 1. The van der Waals surface area contributed by atoms with Crippen molar-refractivity contribution >= 4 is 15.7 Å². The van der Waals surface area contributed by atoms with Crippen molar-refractivity contribution in [2.24, 2.45) is 0 Å². The summed E-state index contributed by atoms with van der Waals surface area (Å²) in [6.07, 6.45) is 3.12. The average molecular weight is 299 g/mol. The van der Waals surface area contributed by atoms with Gasteiger partial charge in [-0.1, -0.05) is 5.21 Å². The van der Waals surface area contributed by atoms with E-state index in [1.807, 2.05) is 0 Å². The second-order valence-corrected chi connectivity index (χ2v) is 5.97. The Kier molecular flexibility index (Phi) is 4.00. The van der Waals surface area contributed by atoms with E-state index in [-0.39, 0.29) is 22.7 Å². The van der Waals surface area contributed by atoms with Crippen LogP contribution in [0.3, 0.4) is 0 Å². The van der Waals surface area contributed by atoms with Crippen LogP contribution in [0.1, 0.15) is 5.56 Å². The Morgan fingerprint density at radius 1 is 1.45 bits per heavy atom. The van der Waals surface area contributed by atoms with Crippen LogP contribution < -0.4 is 10.5 Å². The van der Waals surface area contributed by atoms with Gasteiger partial charge in [-0.05, 0) is 24.6 Å². The largest absolute Gasteiger partial charge is 0.396 e. The van der Waals surface area contributed by atoms with Crippen molar-refractivity contribution in [2.75, 3.05) is 12.3 Å². The molecule has 3 N–H and O–H groups in total. The van der Waals surface area contributed by atoms with Gasteiger partial charge in [0.2, 0.25) is 10.0 Å². The minimum Gasteiger partial charge on any atom is -0.396 e. The fourth-order valence-corrected chi connectivity index (χ4v) is 2.79. The number of anilines is 1. The molecule has 2 rings (SSSR count). The molecule has 0 saturated heterocycles. The van der Waals surface area contributed by atoms with E-state index >= 15 is 0 Å². The normalized spacial score (nSPS) is 11.7. The summed E-state index contributed by atoms with van der Waals surface area (Å²) >= 11 is 0. The fourth-order valence-electron chi connectivity index (χ4n) is 1.65. The smallest absolute Gasteiger partial charge is 0.240 e. The summed E-state index contributed by atoms with van der Waals surface area (Å²) in [5, 5.41) is 7.32. The molecule has 0 aliphatic heterocycles. The molecule has 0 bridgehead atoms. The molecule has 20 heavy (non-hydrogen) atoms. The topological polar surface area (TPSA) is 103 Å².